The van der Waals surface area contributed by atoms with E-state index < -0.39 is 0 Å². The van der Waals surface area contributed by atoms with E-state index in [1.165, 1.54) is 0 Å². The van der Waals surface area contributed by atoms with Gasteiger partial charge in [0.2, 0.25) is 0 Å². The standard InChI is InChI=1S/C15H19N3O/c1-15(6-9-16-10-7-15)18-14(19)12-3-2-4-13-11(12)5-8-17-13/h2-5,8,16-17H,6-7,9-10H2,1H3,(H,18,19). The van der Waals surface area contributed by atoms with Crippen molar-refractivity contribution in [2.24, 2.45) is 0 Å². The second-order valence-corrected chi connectivity index (χ2v) is 5.51. The van der Waals surface area contributed by atoms with Crippen molar-refractivity contribution in [3.63, 3.8) is 0 Å². The predicted molar refractivity (Wildman–Crippen MR) is 76.3 cm³/mol. The molecule has 0 spiro atoms. The molecule has 19 heavy (non-hydrogen) atoms. The average molecular weight is 257 g/mol. The Labute approximate surface area is 112 Å². The summed E-state index contributed by atoms with van der Waals surface area (Å²) in [6.07, 6.45) is 3.82. The van der Waals surface area contributed by atoms with Gasteiger partial charge >= 0.3 is 0 Å². The second-order valence-electron chi connectivity index (χ2n) is 5.51. The van der Waals surface area contributed by atoms with E-state index >= 15 is 0 Å². The van der Waals surface area contributed by atoms with Crippen LogP contribution in [0.4, 0.5) is 0 Å². The van der Waals surface area contributed by atoms with Gasteiger partial charge in [-0.25, -0.2) is 0 Å². The van der Waals surface area contributed by atoms with Crippen LogP contribution in [0.2, 0.25) is 0 Å². The van der Waals surface area contributed by atoms with Crippen LogP contribution in [0.25, 0.3) is 10.9 Å². The summed E-state index contributed by atoms with van der Waals surface area (Å²) >= 11 is 0. The molecule has 1 amide bonds. The van der Waals surface area contributed by atoms with Gasteiger partial charge in [0.25, 0.3) is 5.91 Å². The monoisotopic (exact) mass is 257 g/mol. The summed E-state index contributed by atoms with van der Waals surface area (Å²) < 4.78 is 0. The van der Waals surface area contributed by atoms with Crippen LogP contribution in [-0.2, 0) is 0 Å². The van der Waals surface area contributed by atoms with Crippen molar-refractivity contribution in [3.05, 3.63) is 36.0 Å². The summed E-state index contributed by atoms with van der Waals surface area (Å²) in [7, 11) is 0. The Hall–Kier alpha value is -1.81. The van der Waals surface area contributed by atoms with Crippen LogP contribution in [0.1, 0.15) is 30.1 Å². The van der Waals surface area contributed by atoms with E-state index in [9.17, 15) is 4.79 Å². The summed E-state index contributed by atoms with van der Waals surface area (Å²) in [6, 6.07) is 7.74. The van der Waals surface area contributed by atoms with Gasteiger partial charge in [0.1, 0.15) is 0 Å². The zero-order chi connectivity index (χ0) is 13.3. The molecular formula is C15H19N3O. The van der Waals surface area contributed by atoms with Crippen molar-refractivity contribution < 1.29 is 4.79 Å². The molecule has 0 atom stereocenters. The zero-order valence-corrected chi connectivity index (χ0v) is 11.1. The number of benzene rings is 1. The van der Waals surface area contributed by atoms with Crippen molar-refractivity contribution in [2.75, 3.05) is 13.1 Å². The fraction of sp³-hybridized carbons (Fsp3) is 0.400. The first-order valence-corrected chi connectivity index (χ1v) is 6.77. The molecule has 3 N–H and O–H groups in total. The maximum Gasteiger partial charge on any atom is 0.252 e. The molecule has 0 unspecified atom stereocenters. The van der Waals surface area contributed by atoms with E-state index in [1.54, 1.807) is 0 Å². The first-order chi connectivity index (χ1) is 9.18. The molecule has 100 valence electrons. The quantitative estimate of drug-likeness (QED) is 0.771. The molecule has 2 heterocycles. The average Bonchev–Trinajstić information content (AvgIpc) is 2.86. The van der Waals surface area contributed by atoms with Crippen LogP contribution >= 0.6 is 0 Å². The van der Waals surface area contributed by atoms with Gasteiger partial charge in [-0.2, -0.15) is 0 Å². The van der Waals surface area contributed by atoms with Crippen molar-refractivity contribution >= 4 is 16.8 Å². The molecule has 2 aromatic rings. The van der Waals surface area contributed by atoms with E-state index in [0.29, 0.717) is 0 Å². The maximum atomic E-state index is 12.5. The number of piperidine rings is 1. The topological polar surface area (TPSA) is 56.9 Å². The number of rotatable bonds is 2. The summed E-state index contributed by atoms with van der Waals surface area (Å²) in [5.41, 5.74) is 1.66. The molecular weight excluding hydrogens is 238 g/mol. The number of fused-ring (bicyclic) bond motifs is 1. The SMILES string of the molecule is CC1(NC(=O)c2cccc3[nH]ccc23)CCNCC1. The number of H-pyrrole nitrogens is 1. The first kappa shape index (κ1) is 12.2. The molecule has 0 radical (unpaired) electrons. The molecule has 3 rings (SSSR count). The zero-order valence-electron chi connectivity index (χ0n) is 11.1. The van der Waals surface area contributed by atoms with Crippen molar-refractivity contribution in [2.45, 2.75) is 25.3 Å². The summed E-state index contributed by atoms with van der Waals surface area (Å²) in [5.74, 6) is 0.0228. The minimum absolute atomic E-state index is 0.0228. The Morgan fingerprint density at radius 3 is 2.84 bits per heavy atom. The highest BCUT2D eigenvalue weighted by Gasteiger charge is 2.29. The van der Waals surface area contributed by atoms with Crippen molar-refractivity contribution in [3.8, 4) is 0 Å². The predicted octanol–water partition coefficient (Wildman–Crippen LogP) is 2.04. The van der Waals surface area contributed by atoms with Crippen LogP contribution < -0.4 is 10.6 Å². The molecule has 0 bridgehead atoms. The highest BCUT2D eigenvalue weighted by molar-refractivity contribution is 6.06. The number of hydrogen-bond donors (Lipinski definition) is 3. The van der Waals surface area contributed by atoms with Crippen molar-refractivity contribution in [1.29, 1.82) is 0 Å². The van der Waals surface area contributed by atoms with Crippen LogP contribution in [0.15, 0.2) is 30.5 Å². The van der Waals surface area contributed by atoms with E-state index in [-0.39, 0.29) is 11.4 Å². The van der Waals surface area contributed by atoms with Gasteiger partial charge in [0.15, 0.2) is 0 Å². The summed E-state index contributed by atoms with van der Waals surface area (Å²) in [4.78, 5) is 15.6. The van der Waals surface area contributed by atoms with Crippen LogP contribution in [0.3, 0.4) is 0 Å². The molecule has 0 aliphatic carbocycles. The van der Waals surface area contributed by atoms with Crippen LogP contribution in [0, 0.1) is 0 Å². The second kappa shape index (κ2) is 4.70. The van der Waals surface area contributed by atoms with Gasteiger partial charge in [-0.3, -0.25) is 4.79 Å². The smallest absolute Gasteiger partial charge is 0.252 e. The third-order valence-electron chi connectivity index (χ3n) is 3.96. The lowest BCUT2D eigenvalue weighted by Gasteiger charge is -2.35. The number of nitrogens with one attached hydrogen (secondary N) is 3. The lowest BCUT2D eigenvalue weighted by atomic mass is 9.90. The number of hydrogen-bond acceptors (Lipinski definition) is 2. The molecule has 0 saturated carbocycles. The van der Waals surface area contributed by atoms with Crippen molar-refractivity contribution in [1.82, 2.24) is 15.6 Å². The largest absolute Gasteiger partial charge is 0.361 e. The van der Waals surface area contributed by atoms with Gasteiger partial charge < -0.3 is 15.6 Å². The lowest BCUT2D eigenvalue weighted by Crippen LogP contribution is -2.52. The molecule has 1 aromatic carbocycles. The molecule has 4 nitrogen and oxygen atoms in total. The molecule has 1 aromatic heterocycles. The van der Waals surface area contributed by atoms with E-state index in [0.717, 1.165) is 42.4 Å². The molecule has 1 saturated heterocycles. The third-order valence-corrected chi connectivity index (χ3v) is 3.96. The lowest BCUT2D eigenvalue weighted by molar-refractivity contribution is 0.0889. The highest BCUT2D eigenvalue weighted by atomic mass is 16.1. The van der Waals surface area contributed by atoms with E-state index in [2.05, 4.69) is 22.5 Å². The van der Waals surface area contributed by atoms with Gasteiger partial charge in [-0.15, -0.1) is 0 Å². The van der Waals surface area contributed by atoms with Crippen LogP contribution in [-0.4, -0.2) is 29.5 Å². The Balaban J connectivity index is 1.85. The number of aromatic nitrogens is 1. The number of carbonyl (C=O) groups excluding carboxylic acids is 1. The van der Waals surface area contributed by atoms with Gasteiger partial charge in [-0.05, 0) is 51.1 Å². The first-order valence-electron chi connectivity index (χ1n) is 6.77. The summed E-state index contributed by atoms with van der Waals surface area (Å²) in [6.45, 7) is 4.05. The normalized spacial score (nSPS) is 18.4. The fourth-order valence-electron chi connectivity index (χ4n) is 2.73. The molecule has 1 aliphatic rings. The molecule has 4 heteroatoms. The third kappa shape index (κ3) is 2.36. The number of carbonyl (C=O) groups is 1. The Morgan fingerprint density at radius 1 is 1.26 bits per heavy atom. The Kier molecular flexibility index (Phi) is 3.03. The Bertz CT molecular complexity index is 596. The summed E-state index contributed by atoms with van der Waals surface area (Å²) in [5, 5.41) is 7.51. The maximum absolute atomic E-state index is 12.5. The van der Waals surface area contributed by atoms with E-state index in [4.69, 9.17) is 0 Å². The number of aromatic amines is 1. The molecule has 1 aliphatic heterocycles. The minimum atomic E-state index is -0.0964. The highest BCUT2D eigenvalue weighted by Crippen LogP contribution is 2.21. The van der Waals surface area contributed by atoms with Gasteiger partial charge in [-0.1, -0.05) is 6.07 Å². The van der Waals surface area contributed by atoms with Crippen LogP contribution in [0.5, 0.6) is 0 Å². The fourth-order valence-corrected chi connectivity index (χ4v) is 2.73. The van der Waals surface area contributed by atoms with Gasteiger partial charge in [0.05, 0.1) is 0 Å². The Morgan fingerprint density at radius 2 is 2.05 bits per heavy atom. The minimum Gasteiger partial charge on any atom is -0.361 e. The van der Waals surface area contributed by atoms with Gasteiger partial charge in [0, 0.05) is 28.2 Å². The molecule has 1 fully saturated rings. The van der Waals surface area contributed by atoms with E-state index in [1.807, 2.05) is 30.5 Å². The number of amides is 1.